The van der Waals surface area contributed by atoms with E-state index in [2.05, 4.69) is 16.0 Å². The molecule has 0 spiro atoms. The van der Waals surface area contributed by atoms with Crippen molar-refractivity contribution >= 4 is 11.7 Å². The average Bonchev–Trinajstić information content (AvgIpc) is 3.25. The van der Waals surface area contributed by atoms with Gasteiger partial charge in [-0.2, -0.15) is 5.26 Å². The van der Waals surface area contributed by atoms with Gasteiger partial charge in [0, 0.05) is 24.3 Å². The van der Waals surface area contributed by atoms with E-state index in [4.69, 9.17) is 0 Å². The predicted molar refractivity (Wildman–Crippen MR) is 96.4 cm³/mol. The molecule has 136 valence electrons. The lowest BCUT2D eigenvalue weighted by molar-refractivity contribution is -0.117. The number of hydrogen-bond donors (Lipinski definition) is 2. The Labute approximate surface area is 149 Å². The third-order valence-corrected chi connectivity index (χ3v) is 5.61. The molecule has 1 aromatic rings. The molecule has 25 heavy (non-hydrogen) atoms. The summed E-state index contributed by atoms with van der Waals surface area (Å²) >= 11 is 0. The van der Waals surface area contributed by atoms with Gasteiger partial charge in [-0.25, -0.2) is 0 Å². The summed E-state index contributed by atoms with van der Waals surface area (Å²) in [7, 11) is 0. The number of aromatic nitrogens is 1. The van der Waals surface area contributed by atoms with E-state index in [1.807, 2.05) is 18.7 Å². The highest BCUT2D eigenvalue weighted by Gasteiger charge is 2.31. The van der Waals surface area contributed by atoms with Crippen LogP contribution in [-0.2, 0) is 4.79 Å². The Morgan fingerprint density at radius 3 is 2.56 bits per heavy atom. The van der Waals surface area contributed by atoms with Crippen LogP contribution >= 0.6 is 0 Å². The van der Waals surface area contributed by atoms with Crippen LogP contribution in [-0.4, -0.2) is 46.2 Å². The number of aliphatic hydroxyl groups is 1. The lowest BCUT2D eigenvalue weighted by Gasteiger charge is -2.22. The Kier molecular flexibility index (Phi) is 5.45. The minimum atomic E-state index is -0.103. The van der Waals surface area contributed by atoms with Crippen LogP contribution < -0.4 is 5.32 Å². The van der Waals surface area contributed by atoms with E-state index in [0.717, 1.165) is 36.9 Å². The maximum Gasteiger partial charge on any atom is 0.239 e. The minimum Gasteiger partial charge on any atom is -0.395 e. The number of nitriles is 1. The van der Waals surface area contributed by atoms with Crippen LogP contribution in [0.25, 0.3) is 0 Å². The van der Waals surface area contributed by atoms with Crippen molar-refractivity contribution in [2.75, 3.05) is 25.0 Å². The Balaban J connectivity index is 1.81. The summed E-state index contributed by atoms with van der Waals surface area (Å²) < 4.78 is 2.17. The molecule has 6 nitrogen and oxygen atoms in total. The molecule has 0 aliphatic heterocycles. The molecule has 1 amide bonds. The number of hydrogen-bond acceptors (Lipinski definition) is 4. The molecule has 2 N–H and O–H groups in total. The molecule has 0 atom stereocenters. The van der Waals surface area contributed by atoms with E-state index in [0.29, 0.717) is 30.0 Å². The van der Waals surface area contributed by atoms with Gasteiger partial charge in [0.2, 0.25) is 5.91 Å². The third kappa shape index (κ3) is 3.73. The van der Waals surface area contributed by atoms with Gasteiger partial charge in [0.25, 0.3) is 0 Å². The first-order chi connectivity index (χ1) is 12.1. The van der Waals surface area contributed by atoms with E-state index < -0.39 is 0 Å². The van der Waals surface area contributed by atoms with Gasteiger partial charge in [-0.15, -0.1) is 0 Å². The molecule has 0 radical (unpaired) electrons. The number of rotatable bonds is 7. The molecular weight excluding hydrogens is 316 g/mol. The lowest BCUT2D eigenvalue weighted by atomic mass is 10.2. The van der Waals surface area contributed by atoms with Crippen molar-refractivity contribution in [1.29, 1.82) is 5.26 Å². The van der Waals surface area contributed by atoms with Gasteiger partial charge in [-0.1, -0.05) is 12.8 Å². The first-order valence-corrected chi connectivity index (χ1v) is 9.33. The van der Waals surface area contributed by atoms with Crippen LogP contribution in [0.15, 0.2) is 0 Å². The molecule has 2 saturated carbocycles. The molecule has 0 unspecified atom stereocenters. The highest BCUT2D eigenvalue weighted by atomic mass is 16.3. The summed E-state index contributed by atoms with van der Waals surface area (Å²) in [6, 6.07) is 3.06. The number of nitrogens with one attached hydrogen (secondary N) is 1. The van der Waals surface area contributed by atoms with E-state index in [9.17, 15) is 15.2 Å². The molecule has 1 aromatic heterocycles. The highest BCUT2D eigenvalue weighted by Crippen LogP contribution is 2.37. The fraction of sp³-hybridized carbons (Fsp3) is 0.684. The standard InChI is InChI=1S/C19H28N4O2/c1-13-14(2)23(16-5-3-4-6-16)19(17(13)11-20)21-18(25)12-22(9-10-24)15-7-8-15/h15-16,24H,3-10,12H2,1-2H3,(H,21,25). The highest BCUT2D eigenvalue weighted by molar-refractivity contribution is 5.93. The molecule has 0 aromatic carbocycles. The van der Waals surface area contributed by atoms with Crippen molar-refractivity contribution in [1.82, 2.24) is 9.47 Å². The van der Waals surface area contributed by atoms with Crippen LogP contribution in [0.5, 0.6) is 0 Å². The number of anilines is 1. The molecule has 3 rings (SSSR count). The molecule has 0 bridgehead atoms. The molecule has 2 aliphatic rings. The number of carbonyl (C=O) groups excluding carboxylic acids is 1. The van der Waals surface area contributed by atoms with Crippen molar-refractivity contribution < 1.29 is 9.90 Å². The smallest absolute Gasteiger partial charge is 0.239 e. The Morgan fingerprint density at radius 2 is 2.00 bits per heavy atom. The quantitative estimate of drug-likeness (QED) is 0.796. The van der Waals surface area contributed by atoms with Crippen molar-refractivity contribution in [3.05, 3.63) is 16.8 Å². The van der Waals surface area contributed by atoms with Gasteiger partial charge in [0.1, 0.15) is 11.9 Å². The van der Waals surface area contributed by atoms with Crippen molar-refractivity contribution in [3.63, 3.8) is 0 Å². The summed E-state index contributed by atoms with van der Waals surface area (Å²) in [5.41, 5.74) is 2.62. The predicted octanol–water partition coefficient (Wildman–Crippen LogP) is 2.49. The second-order valence-electron chi connectivity index (χ2n) is 7.33. The molecule has 6 heteroatoms. The van der Waals surface area contributed by atoms with Gasteiger partial charge in [0.15, 0.2) is 0 Å². The first kappa shape index (κ1) is 18.0. The van der Waals surface area contributed by atoms with Gasteiger partial charge in [-0.3, -0.25) is 9.69 Å². The van der Waals surface area contributed by atoms with Crippen LogP contribution in [0.4, 0.5) is 5.82 Å². The number of carbonyl (C=O) groups is 1. The fourth-order valence-corrected chi connectivity index (χ4v) is 4.02. The van der Waals surface area contributed by atoms with E-state index in [-0.39, 0.29) is 19.1 Å². The van der Waals surface area contributed by atoms with E-state index in [1.165, 1.54) is 12.8 Å². The molecular formula is C19H28N4O2. The Morgan fingerprint density at radius 1 is 1.32 bits per heavy atom. The largest absolute Gasteiger partial charge is 0.395 e. The average molecular weight is 344 g/mol. The van der Waals surface area contributed by atoms with Crippen LogP contribution in [0.2, 0.25) is 0 Å². The van der Waals surface area contributed by atoms with Crippen LogP contribution in [0.3, 0.4) is 0 Å². The third-order valence-electron chi connectivity index (χ3n) is 5.61. The van der Waals surface area contributed by atoms with Gasteiger partial charge < -0.3 is 15.0 Å². The summed E-state index contributed by atoms with van der Waals surface area (Å²) in [5, 5.41) is 21.8. The zero-order valence-corrected chi connectivity index (χ0v) is 15.2. The second-order valence-corrected chi connectivity index (χ2v) is 7.33. The van der Waals surface area contributed by atoms with Gasteiger partial charge in [0.05, 0.1) is 18.7 Å². The topological polar surface area (TPSA) is 81.3 Å². The number of amides is 1. The summed E-state index contributed by atoms with van der Waals surface area (Å²) in [4.78, 5) is 14.7. The van der Waals surface area contributed by atoms with Crippen LogP contribution in [0.1, 0.15) is 61.4 Å². The summed E-state index contributed by atoms with van der Waals surface area (Å²) in [6.45, 7) is 4.84. The molecule has 2 aliphatic carbocycles. The van der Waals surface area contributed by atoms with Crippen molar-refractivity contribution in [3.8, 4) is 6.07 Å². The minimum absolute atomic E-state index is 0.0594. The normalized spacial score (nSPS) is 17.9. The Bertz CT molecular complexity index is 679. The van der Waals surface area contributed by atoms with Crippen molar-refractivity contribution in [2.24, 2.45) is 0 Å². The number of aliphatic hydroxyl groups excluding tert-OH is 1. The fourth-order valence-electron chi connectivity index (χ4n) is 4.02. The SMILES string of the molecule is Cc1c(C#N)c(NC(=O)CN(CCO)C2CC2)n(C2CCCC2)c1C. The maximum absolute atomic E-state index is 12.6. The molecule has 0 saturated heterocycles. The maximum atomic E-state index is 12.6. The summed E-state index contributed by atoms with van der Waals surface area (Å²) in [6.07, 6.45) is 6.77. The van der Waals surface area contributed by atoms with Crippen molar-refractivity contribution in [2.45, 2.75) is 64.5 Å². The zero-order chi connectivity index (χ0) is 18.0. The Hall–Kier alpha value is -1.84. The van der Waals surface area contributed by atoms with E-state index >= 15 is 0 Å². The van der Waals surface area contributed by atoms with Crippen LogP contribution in [0, 0.1) is 25.2 Å². The lowest BCUT2D eigenvalue weighted by Crippen LogP contribution is -2.37. The number of nitrogens with zero attached hydrogens (tertiary/aromatic N) is 3. The van der Waals surface area contributed by atoms with E-state index in [1.54, 1.807) is 0 Å². The van der Waals surface area contributed by atoms with Gasteiger partial charge in [-0.05, 0) is 45.1 Å². The zero-order valence-electron chi connectivity index (χ0n) is 15.2. The monoisotopic (exact) mass is 344 g/mol. The first-order valence-electron chi connectivity index (χ1n) is 9.33. The summed E-state index contributed by atoms with van der Waals surface area (Å²) in [5.74, 6) is 0.558. The molecule has 2 fully saturated rings. The van der Waals surface area contributed by atoms with Gasteiger partial charge >= 0.3 is 0 Å². The second kappa shape index (κ2) is 7.59. The molecule has 1 heterocycles.